The Morgan fingerprint density at radius 1 is 1.28 bits per heavy atom. The molecule has 1 aromatic carbocycles. The highest BCUT2D eigenvalue weighted by Gasteiger charge is 2.20. The van der Waals surface area contributed by atoms with E-state index in [2.05, 4.69) is 15.2 Å². The largest absolute Gasteiger partial charge is 0.378 e. The van der Waals surface area contributed by atoms with Gasteiger partial charge in [-0.2, -0.15) is 0 Å². The van der Waals surface area contributed by atoms with Crippen molar-refractivity contribution < 1.29 is 13.9 Å². The molecule has 1 N–H and O–H groups in total. The molecule has 5 nitrogen and oxygen atoms in total. The molecule has 0 bridgehead atoms. The number of hydrogen-bond acceptors (Lipinski definition) is 4. The second-order valence-electron chi connectivity index (χ2n) is 6.25. The van der Waals surface area contributed by atoms with Crippen molar-refractivity contribution in [1.82, 2.24) is 10.3 Å². The number of carbonyl (C=O) groups excluding carboxylic acids is 1. The molecule has 2 aromatic rings. The Kier molecular flexibility index (Phi) is 5.28. The molecule has 0 aliphatic carbocycles. The quantitative estimate of drug-likeness (QED) is 0.927. The van der Waals surface area contributed by atoms with E-state index in [1.165, 1.54) is 18.3 Å². The normalized spacial score (nSPS) is 15.7. The molecule has 1 saturated heterocycles. The van der Waals surface area contributed by atoms with Crippen LogP contribution in [0.15, 0.2) is 36.7 Å². The summed E-state index contributed by atoms with van der Waals surface area (Å²) >= 11 is 0. The lowest BCUT2D eigenvalue weighted by atomic mass is 10.0. The Bertz CT molecular complexity index is 760. The first-order valence-corrected chi connectivity index (χ1v) is 8.39. The average Bonchev–Trinajstić information content (AvgIpc) is 2.62. The third-order valence-electron chi connectivity index (χ3n) is 4.29. The number of ether oxygens (including phenoxy) is 1. The number of rotatable bonds is 4. The van der Waals surface area contributed by atoms with Crippen molar-refractivity contribution in [2.24, 2.45) is 0 Å². The fourth-order valence-electron chi connectivity index (χ4n) is 3.00. The van der Waals surface area contributed by atoms with Gasteiger partial charge in [0.1, 0.15) is 5.82 Å². The zero-order valence-corrected chi connectivity index (χ0v) is 14.5. The molecule has 6 heteroatoms. The van der Waals surface area contributed by atoms with Crippen LogP contribution in [0.1, 0.15) is 34.5 Å². The third-order valence-corrected chi connectivity index (χ3v) is 4.29. The van der Waals surface area contributed by atoms with Gasteiger partial charge in [0.25, 0.3) is 5.91 Å². The molecular formula is C19H22FN3O2. The lowest BCUT2D eigenvalue weighted by Gasteiger charge is -2.32. The van der Waals surface area contributed by atoms with Crippen LogP contribution >= 0.6 is 0 Å². The van der Waals surface area contributed by atoms with Crippen LogP contribution < -0.4 is 10.2 Å². The van der Waals surface area contributed by atoms with Crippen molar-refractivity contribution in [1.29, 1.82) is 0 Å². The molecule has 1 atom stereocenters. The van der Waals surface area contributed by atoms with E-state index in [0.29, 0.717) is 18.8 Å². The van der Waals surface area contributed by atoms with Crippen molar-refractivity contribution in [3.63, 3.8) is 0 Å². The number of aryl methyl sites for hydroxylation is 1. The molecule has 0 radical (unpaired) electrons. The van der Waals surface area contributed by atoms with Crippen molar-refractivity contribution in [2.75, 3.05) is 31.2 Å². The van der Waals surface area contributed by atoms with E-state index in [1.54, 1.807) is 18.3 Å². The molecule has 25 heavy (non-hydrogen) atoms. The monoisotopic (exact) mass is 343 g/mol. The minimum absolute atomic E-state index is 0.221. The smallest absolute Gasteiger partial charge is 0.253 e. The zero-order valence-electron chi connectivity index (χ0n) is 14.5. The number of pyridine rings is 1. The lowest BCUT2D eigenvalue weighted by Crippen LogP contribution is -2.37. The first kappa shape index (κ1) is 17.4. The second-order valence-corrected chi connectivity index (χ2v) is 6.25. The molecule has 132 valence electrons. The molecule has 1 amide bonds. The van der Waals surface area contributed by atoms with Crippen LogP contribution in [0.4, 0.5) is 10.1 Å². The van der Waals surface area contributed by atoms with Gasteiger partial charge in [0.15, 0.2) is 0 Å². The van der Waals surface area contributed by atoms with Crippen molar-refractivity contribution in [3.05, 3.63) is 59.2 Å². The number of benzene rings is 1. The maximum absolute atomic E-state index is 13.8. The topological polar surface area (TPSA) is 54.5 Å². The van der Waals surface area contributed by atoms with Gasteiger partial charge >= 0.3 is 0 Å². The van der Waals surface area contributed by atoms with Gasteiger partial charge in [0.2, 0.25) is 0 Å². The minimum atomic E-state index is -0.332. The summed E-state index contributed by atoms with van der Waals surface area (Å²) in [6.07, 6.45) is 3.23. The SMILES string of the molecule is Cc1cncc(C(=O)N[C@H](C)c2cc(F)ccc2N2CCOCC2)c1. The van der Waals surface area contributed by atoms with Crippen LogP contribution in [-0.4, -0.2) is 37.2 Å². The van der Waals surface area contributed by atoms with Gasteiger partial charge in [-0.15, -0.1) is 0 Å². The standard InChI is InChI=1S/C19H22FN3O2/c1-13-9-15(12-21-11-13)19(24)22-14(2)17-10-16(20)3-4-18(17)23-5-7-25-8-6-23/h3-4,9-12,14H,5-8H2,1-2H3,(H,22,24)/t14-/m1/s1. The van der Waals surface area contributed by atoms with E-state index in [0.717, 1.165) is 29.9 Å². The number of nitrogens with one attached hydrogen (secondary N) is 1. The Morgan fingerprint density at radius 3 is 2.76 bits per heavy atom. The average molecular weight is 343 g/mol. The van der Waals surface area contributed by atoms with Crippen LogP contribution in [-0.2, 0) is 4.74 Å². The fraction of sp³-hybridized carbons (Fsp3) is 0.368. The zero-order chi connectivity index (χ0) is 17.8. The highest BCUT2D eigenvalue weighted by molar-refractivity contribution is 5.94. The summed E-state index contributed by atoms with van der Waals surface area (Å²) in [7, 11) is 0. The molecule has 1 aliphatic heterocycles. The number of halogens is 1. The number of aromatic nitrogens is 1. The number of morpholine rings is 1. The number of amides is 1. The van der Waals surface area contributed by atoms with Crippen LogP contribution in [0.2, 0.25) is 0 Å². The van der Waals surface area contributed by atoms with E-state index >= 15 is 0 Å². The molecule has 1 fully saturated rings. The number of hydrogen-bond donors (Lipinski definition) is 1. The number of anilines is 1. The molecule has 0 saturated carbocycles. The molecule has 1 aromatic heterocycles. The second kappa shape index (κ2) is 7.61. The summed E-state index contributed by atoms with van der Waals surface area (Å²) in [4.78, 5) is 18.7. The van der Waals surface area contributed by atoms with E-state index in [9.17, 15) is 9.18 Å². The summed E-state index contributed by atoms with van der Waals surface area (Å²) < 4.78 is 19.2. The van der Waals surface area contributed by atoms with Crippen LogP contribution in [0.3, 0.4) is 0 Å². The summed E-state index contributed by atoms with van der Waals surface area (Å²) in [6, 6.07) is 6.16. The molecule has 0 unspecified atom stereocenters. The van der Waals surface area contributed by atoms with Gasteiger partial charge in [0.05, 0.1) is 24.8 Å². The van der Waals surface area contributed by atoms with E-state index in [-0.39, 0.29) is 17.8 Å². The number of nitrogens with zero attached hydrogens (tertiary/aromatic N) is 2. The summed E-state index contributed by atoms with van der Waals surface area (Å²) in [5.74, 6) is -0.536. The highest BCUT2D eigenvalue weighted by atomic mass is 19.1. The molecule has 1 aliphatic rings. The van der Waals surface area contributed by atoms with Gasteiger partial charge in [0, 0.05) is 36.7 Å². The summed E-state index contributed by atoms with van der Waals surface area (Å²) in [6.45, 7) is 6.54. The maximum Gasteiger partial charge on any atom is 0.253 e. The number of carbonyl (C=O) groups is 1. The van der Waals surface area contributed by atoms with E-state index in [1.807, 2.05) is 13.8 Å². The molecule has 2 heterocycles. The lowest BCUT2D eigenvalue weighted by molar-refractivity contribution is 0.0939. The van der Waals surface area contributed by atoms with Gasteiger partial charge in [-0.1, -0.05) is 0 Å². The predicted molar refractivity (Wildman–Crippen MR) is 94.3 cm³/mol. The van der Waals surface area contributed by atoms with Crippen molar-refractivity contribution in [2.45, 2.75) is 19.9 Å². The van der Waals surface area contributed by atoms with Crippen LogP contribution in [0.5, 0.6) is 0 Å². The van der Waals surface area contributed by atoms with Crippen LogP contribution in [0, 0.1) is 12.7 Å². The first-order valence-electron chi connectivity index (χ1n) is 8.39. The Labute approximate surface area is 146 Å². The van der Waals surface area contributed by atoms with Gasteiger partial charge < -0.3 is 15.0 Å². The third kappa shape index (κ3) is 4.14. The fourth-order valence-corrected chi connectivity index (χ4v) is 3.00. The summed E-state index contributed by atoms with van der Waals surface area (Å²) in [5, 5.41) is 2.94. The predicted octanol–water partition coefficient (Wildman–Crippen LogP) is 2.86. The Hall–Kier alpha value is -2.47. The Balaban J connectivity index is 1.82. The molecular weight excluding hydrogens is 321 g/mol. The molecule has 0 spiro atoms. The van der Waals surface area contributed by atoms with Gasteiger partial charge in [-0.05, 0) is 43.7 Å². The minimum Gasteiger partial charge on any atom is -0.378 e. The summed E-state index contributed by atoms with van der Waals surface area (Å²) in [5.41, 5.74) is 3.10. The first-order chi connectivity index (χ1) is 12.0. The van der Waals surface area contributed by atoms with Crippen LogP contribution in [0.25, 0.3) is 0 Å². The highest BCUT2D eigenvalue weighted by Crippen LogP contribution is 2.28. The van der Waals surface area contributed by atoms with Crippen molar-refractivity contribution >= 4 is 11.6 Å². The van der Waals surface area contributed by atoms with Gasteiger partial charge in [-0.25, -0.2) is 4.39 Å². The van der Waals surface area contributed by atoms with E-state index in [4.69, 9.17) is 4.74 Å². The molecule has 3 rings (SSSR count). The Morgan fingerprint density at radius 2 is 2.04 bits per heavy atom. The van der Waals surface area contributed by atoms with Gasteiger partial charge in [-0.3, -0.25) is 9.78 Å². The van der Waals surface area contributed by atoms with Crippen molar-refractivity contribution in [3.8, 4) is 0 Å². The van der Waals surface area contributed by atoms with E-state index < -0.39 is 0 Å². The maximum atomic E-state index is 13.8.